The summed E-state index contributed by atoms with van der Waals surface area (Å²) in [4.78, 5) is 11.3. The number of hydrogen-bond acceptors (Lipinski definition) is 3. The molecule has 0 atom stereocenters. The van der Waals surface area contributed by atoms with Crippen molar-refractivity contribution in [2.75, 3.05) is 13.2 Å². The lowest BCUT2D eigenvalue weighted by molar-refractivity contribution is 0.0221. The first-order valence-corrected chi connectivity index (χ1v) is 4.81. The van der Waals surface area contributed by atoms with Crippen LogP contribution in [0.5, 0.6) is 11.5 Å². The highest BCUT2D eigenvalue weighted by atomic mass is 19.3. The number of ketones is 1. The molecule has 0 N–H and O–H groups in total. The van der Waals surface area contributed by atoms with Gasteiger partial charge in [0.25, 0.3) is 0 Å². The Hall–Kier alpha value is -1.65. The van der Waals surface area contributed by atoms with Crippen LogP contribution in [0, 0.1) is 0 Å². The second-order valence-corrected chi connectivity index (χ2v) is 3.58. The summed E-state index contributed by atoms with van der Waals surface area (Å²) in [6.45, 7) is 1.35. The molecule has 0 aliphatic carbocycles. The van der Waals surface area contributed by atoms with Crippen LogP contribution in [-0.2, 0) is 0 Å². The summed E-state index contributed by atoms with van der Waals surface area (Å²) in [6.07, 6.45) is 0. The largest absolute Gasteiger partial charge is 0.486 e. The van der Waals surface area contributed by atoms with Gasteiger partial charge in [-0.25, -0.2) is 0 Å². The Balaban J connectivity index is 2.34. The lowest BCUT2D eigenvalue weighted by atomic mass is 10.1. The molecule has 0 bridgehead atoms. The second kappa shape index (κ2) is 3.73. The molecule has 1 aliphatic rings. The summed E-state index contributed by atoms with van der Waals surface area (Å²) >= 11 is 0. The van der Waals surface area contributed by atoms with Crippen molar-refractivity contribution in [2.45, 2.75) is 12.8 Å². The first kappa shape index (κ1) is 10.9. The predicted molar refractivity (Wildman–Crippen MR) is 52.4 cm³/mol. The third-order valence-electron chi connectivity index (χ3n) is 2.20. The van der Waals surface area contributed by atoms with Crippen LogP contribution in [-0.4, -0.2) is 24.9 Å². The number of rotatable bonds is 2. The van der Waals surface area contributed by atoms with E-state index >= 15 is 0 Å². The fourth-order valence-corrected chi connectivity index (χ4v) is 1.44. The van der Waals surface area contributed by atoms with Crippen LogP contribution in [0.1, 0.15) is 17.3 Å². The topological polar surface area (TPSA) is 35.5 Å². The van der Waals surface area contributed by atoms with Crippen molar-refractivity contribution < 1.29 is 23.0 Å². The number of hydrogen-bond donors (Lipinski definition) is 0. The zero-order valence-electron chi connectivity index (χ0n) is 8.63. The molecule has 0 saturated heterocycles. The molecule has 1 aliphatic heterocycles. The van der Waals surface area contributed by atoms with Gasteiger partial charge in [0.05, 0.1) is 0 Å². The number of carbonyl (C=O) groups is 1. The summed E-state index contributed by atoms with van der Waals surface area (Å²) in [5.74, 6) is -3.78. The van der Waals surface area contributed by atoms with Gasteiger partial charge in [0.2, 0.25) is 5.78 Å². The van der Waals surface area contributed by atoms with E-state index in [9.17, 15) is 13.6 Å². The number of carbonyl (C=O) groups excluding carboxylic acids is 1. The molecule has 2 rings (SSSR count). The Morgan fingerprint density at radius 1 is 1.25 bits per heavy atom. The SMILES string of the molecule is CC(F)(F)C(=O)c1ccc2c(c1)OCCO2. The molecule has 0 amide bonds. The molecule has 1 aromatic carbocycles. The van der Waals surface area contributed by atoms with Crippen LogP contribution in [0.25, 0.3) is 0 Å². The van der Waals surface area contributed by atoms with E-state index in [0.717, 1.165) is 0 Å². The molecule has 0 aromatic heterocycles. The van der Waals surface area contributed by atoms with E-state index in [0.29, 0.717) is 31.6 Å². The maximum absolute atomic E-state index is 12.8. The van der Waals surface area contributed by atoms with Gasteiger partial charge in [-0.15, -0.1) is 0 Å². The lowest BCUT2D eigenvalue weighted by Gasteiger charge is -2.19. The molecule has 1 heterocycles. The number of halogens is 2. The molecule has 3 nitrogen and oxygen atoms in total. The molecule has 0 spiro atoms. The fraction of sp³-hybridized carbons (Fsp3) is 0.364. The van der Waals surface area contributed by atoms with E-state index in [1.54, 1.807) is 0 Å². The van der Waals surface area contributed by atoms with Gasteiger partial charge in [0, 0.05) is 12.5 Å². The second-order valence-electron chi connectivity index (χ2n) is 3.58. The zero-order valence-corrected chi connectivity index (χ0v) is 8.63. The van der Waals surface area contributed by atoms with Crippen LogP contribution in [0.3, 0.4) is 0 Å². The first-order valence-electron chi connectivity index (χ1n) is 4.81. The minimum Gasteiger partial charge on any atom is -0.486 e. The average Bonchev–Trinajstić information content (AvgIpc) is 2.26. The Morgan fingerprint density at radius 3 is 2.50 bits per heavy atom. The third-order valence-corrected chi connectivity index (χ3v) is 2.20. The van der Waals surface area contributed by atoms with Gasteiger partial charge in [-0.1, -0.05) is 0 Å². The highest BCUT2D eigenvalue weighted by molar-refractivity contribution is 6.01. The summed E-state index contributed by atoms with van der Waals surface area (Å²) in [5, 5.41) is 0. The minimum atomic E-state index is -3.37. The standard InChI is InChI=1S/C11H10F2O3/c1-11(12,13)10(14)7-2-3-8-9(6-7)16-5-4-15-8/h2-3,6H,4-5H2,1H3. The van der Waals surface area contributed by atoms with Crippen LogP contribution < -0.4 is 9.47 Å². The van der Waals surface area contributed by atoms with Crippen molar-refractivity contribution in [3.8, 4) is 11.5 Å². The average molecular weight is 228 g/mol. The van der Waals surface area contributed by atoms with E-state index in [4.69, 9.17) is 9.47 Å². The van der Waals surface area contributed by atoms with Crippen molar-refractivity contribution in [3.05, 3.63) is 23.8 Å². The molecule has 1 aromatic rings. The summed E-state index contributed by atoms with van der Waals surface area (Å²) in [5.41, 5.74) is -0.0725. The molecular formula is C11H10F2O3. The maximum Gasteiger partial charge on any atom is 0.307 e. The Bertz CT molecular complexity index is 424. The molecule has 5 heteroatoms. The zero-order chi connectivity index (χ0) is 11.8. The molecule has 16 heavy (non-hydrogen) atoms. The van der Waals surface area contributed by atoms with E-state index in [-0.39, 0.29) is 5.56 Å². The van der Waals surface area contributed by atoms with Gasteiger partial charge < -0.3 is 9.47 Å². The van der Waals surface area contributed by atoms with Crippen molar-refractivity contribution in [2.24, 2.45) is 0 Å². The number of fused-ring (bicyclic) bond motifs is 1. The fourth-order valence-electron chi connectivity index (χ4n) is 1.44. The van der Waals surface area contributed by atoms with Gasteiger partial charge >= 0.3 is 5.92 Å². The van der Waals surface area contributed by atoms with Gasteiger partial charge in [-0.3, -0.25) is 4.79 Å². The summed E-state index contributed by atoms with van der Waals surface area (Å²) in [7, 11) is 0. The van der Waals surface area contributed by atoms with E-state index in [1.165, 1.54) is 18.2 Å². The Labute approximate surface area is 91.0 Å². The monoisotopic (exact) mass is 228 g/mol. The van der Waals surface area contributed by atoms with Crippen molar-refractivity contribution in [1.82, 2.24) is 0 Å². The van der Waals surface area contributed by atoms with Gasteiger partial charge in [-0.05, 0) is 18.2 Å². The first-order chi connectivity index (χ1) is 7.48. The molecule has 0 fully saturated rings. The third kappa shape index (κ3) is 1.98. The number of Topliss-reactive ketones (excluding diaryl/α,β-unsaturated/α-hetero) is 1. The van der Waals surface area contributed by atoms with Gasteiger partial charge in [0.15, 0.2) is 11.5 Å². The Morgan fingerprint density at radius 2 is 1.88 bits per heavy atom. The summed E-state index contributed by atoms with van der Waals surface area (Å²) in [6, 6.07) is 4.06. The van der Waals surface area contributed by atoms with E-state index in [2.05, 4.69) is 0 Å². The van der Waals surface area contributed by atoms with E-state index < -0.39 is 11.7 Å². The normalized spacial score (nSPS) is 14.7. The van der Waals surface area contributed by atoms with Gasteiger partial charge in [0.1, 0.15) is 13.2 Å². The van der Waals surface area contributed by atoms with Crippen molar-refractivity contribution in [3.63, 3.8) is 0 Å². The molecule has 0 radical (unpaired) electrons. The number of benzene rings is 1. The van der Waals surface area contributed by atoms with Crippen molar-refractivity contribution in [1.29, 1.82) is 0 Å². The molecule has 0 saturated carbocycles. The number of ether oxygens (including phenoxy) is 2. The Kier molecular flexibility index (Phi) is 2.53. The van der Waals surface area contributed by atoms with Gasteiger partial charge in [-0.2, -0.15) is 8.78 Å². The predicted octanol–water partition coefficient (Wildman–Crippen LogP) is 2.30. The quantitative estimate of drug-likeness (QED) is 0.728. The summed E-state index contributed by atoms with van der Waals surface area (Å²) < 4.78 is 36.0. The molecule has 86 valence electrons. The molecular weight excluding hydrogens is 218 g/mol. The molecule has 0 unspecified atom stereocenters. The van der Waals surface area contributed by atoms with Crippen LogP contribution >= 0.6 is 0 Å². The lowest BCUT2D eigenvalue weighted by Crippen LogP contribution is -2.24. The van der Waals surface area contributed by atoms with Crippen molar-refractivity contribution >= 4 is 5.78 Å². The van der Waals surface area contributed by atoms with Crippen LogP contribution in [0.15, 0.2) is 18.2 Å². The van der Waals surface area contributed by atoms with Crippen LogP contribution in [0.4, 0.5) is 8.78 Å². The number of alkyl halides is 2. The highest BCUT2D eigenvalue weighted by Gasteiger charge is 2.33. The maximum atomic E-state index is 12.8. The smallest absolute Gasteiger partial charge is 0.307 e. The van der Waals surface area contributed by atoms with Crippen LogP contribution in [0.2, 0.25) is 0 Å². The van der Waals surface area contributed by atoms with E-state index in [1.807, 2.05) is 0 Å². The minimum absolute atomic E-state index is 0.0725. The highest BCUT2D eigenvalue weighted by Crippen LogP contribution is 2.32.